The molecule has 0 saturated carbocycles. The zero-order valence-corrected chi connectivity index (χ0v) is 17.8. The first-order chi connectivity index (χ1) is 14.7. The molecule has 0 aliphatic carbocycles. The number of nitrogens with one attached hydrogen (secondary N) is 1. The van der Waals surface area contributed by atoms with Crippen molar-refractivity contribution in [3.63, 3.8) is 0 Å². The maximum Gasteiger partial charge on any atom is 0.340 e. The Morgan fingerprint density at radius 3 is 2.48 bits per heavy atom. The lowest BCUT2D eigenvalue weighted by Crippen LogP contribution is -2.22. The van der Waals surface area contributed by atoms with E-state index in [0.29, 0.717) is 17.7 Å². The van der Waals surface area contributed by atoms with Crippen LogP contribution in [0.3, 0.4) is 0 Å². The molecule has 8 nitrogen and oxygen atoms in total. The molecule has 0 aliphatic rings. The van der Waals surface area contributed by atoms with Gasteiger partial charge in [0.05, 0.1) is 21.7 Å². The summed E-state index contributed by atoms with van der Waals surface area (Å²) in [7, 11) is 0. The maximum absolute atomic E-state index is 12.8. The molecule has 0 aliphatic heterocycles. The molecule has 160 valence electrons. The quantitative estimate of drug-likeness (QED) is 0.358. The zero-order chi connectivity index (χ0) is 22.7. The standard InChI is InChI=1S/C23H23N3O5/c1-5-17-22(15(4)16-8-6-7-9-18(16)24-17)23(28)31-12-21(27)25-19-10-13(2)14(3)11-20(19)26(29)30/h6-11H,5,12H2,1-4H3,(H,25,27). The van der Waals surface area contributed by atoms with Crippen LogP contribution in [0.15, 0.2) is 36.4 Å². The molecule has 2 aromatic carbocycles. The topological polar surface area (TPSA) is 111 Å². The Bertz CT molecular complexity index is 1200. The molecule has 8 heteroatoms. The monoisotopic (exact) mass is 421 g/mol. The lowest BCUT2D eigenvalue weighted by molar-refractivity contribution is -0.384. The third-order valence-corrected chi connectivity index (χ3v) is 5.18. The summed E-state index contributed by atoms with van der Waals surface area (Å²) in [5.41, 5.74) is 3.83. The van der Waals surface area contributed by atoms with Crippen molar-refractivity contribution in [1.29, 1.82) is 0 Å². The van der Waals surface area contributed by atoms with Gasteiger partial charge >= 0.3 is 5.97 Å². The van der Waals surface area contributed by atoms with Crippen molar-refractivity contribution < 1.29 is 19.2 Å². The van der Waals surface area contributed by atoms with Crippen LogP contribution in [0.25, 0.3) is 10.9 Å². The second-order valence-electron chi connectivity index (χ2n) is 7.26. The van der Waals surface area contributed by atoms with E-state index in [1.54, 1.807) is 13.8 Å². The van der Waals surface area contributed by atoms with E-state index in [1.165, 1.54) is 12.1 Å². The van der Waals surface area contributed by atoms with Gasteiger partial charge in [-0.15, -0.1) is 0 Å². The van der Waals surface area contributed by atoms with Crippen LogP contribution in [0, 0.1) is 30.9 Å². The largest absolute Gasteiger partial charge is 0.452 e. The van der Waals surface area contributed by atoms with Crippen LogP contribution in [0.5, 0.6) is 0 Å². The van der Waals surface area contributed by atoms with E-state index in [9.17, 15) is 19.7 Å². The average molecular weight is 421 g/mol. The first kappa shape index (κ1) is 21.9. The van der Waals surface area contributed by atoms with E-state index in [2.05, 4.69) is 10.3 Å². The first-order valence-corrected chi connectivity index (χ1v) is 9.83. The number of aryl methyl sites for hydroxylation is 4. The van der Waals surface area contributed by atoms with E-state index in [0.717, 1.165) is 27.6 Å². The summed E-state index contributed by atoms with van der Waals surface area (Å²) >= 11 is 0. The minimum atomic E-state index is -0.663. The van der Waals surface area contributed by atoms with E-state index in [-0.39, 0.29) is 11.4 Å². The number of esters is 1. The smallest absolute Gasteiger partial charge is 0.340 e. The normalized spacial score (nSPS) is 10.7. The third-order valence-electron chi connectivity index (χ3n) is 5.18. The van der Waals surface area contributed by atoms with Gasteiger partial charge in [0.2, 0.25) is 0 Å². The van der Waals surface area contributed by atoms with Gasteiger partial charge in [0.1, 0.15) is 5.69 Å². The number of pyridine rings is 1. The van der Waals surface area contributed by atoms with Gasteiger partial charge in [-0.1, -0.05) is 25.1 Å². The van der Waals surface area contributed by atoms with Gasteiger partial charge in [0, 0.05) is 11.5 Å². The lowest BCUT2D eigenvalue weighted by atomic mass is 10.0. The Kier molecular flexibility index (Phi) is 6.29. The van der Waals surface area contributed by atoms with Gasteiger partial charge in [-0.2, -0.15) is 0 Å². The number of carbonyl (C=O) groups is 2. The Hall–Kier alpha value is -3.81. The fourth-order valence-corrected chi connectivity index (χ4v) is 3.41. The molecule has 0 spiro atoms. The molecule has 0 bridgehead atoms. The number of nitro groups is 1. The molecule has 0 unspecified atom stereocenters. The Balaban J connectivity index is 1.79. The number of rotatable bonds is 6. The molecule has 3 aromatic rings. The second kappa shape index (κ2) is 8.91. The molecule has 0 fully saturated rings. The third kappa shape index (κ3) is 4.53. The molecule has 0 atom stereocenters. The van der Waals surface area contributed by atoms with Crippen molar-refractivity contribution in [2.75, 3.05) is 11.9 Å². The van der Waals surface area contributed by atoms with Crippen molar-refractivity contribution >= 4 is 34.2 Å². The highest BCUT2D eigenvalue weighted by Crippen LogP contribution is 2.28. The zero-order valence-electron chi connectivity index (χ0n) is 17.8. The van der Waals surface area contributed by atoms with Crippen LogP contribution in [0.2, 0.25) is 0 Å². The molecule has 1 amide bonds. The average Bonchev–Trinajstić information content (AvgIpc) is 2.74. The van der Waals surface area contributed by atoms with Crippen LogP contribution in [-0.4, -0.2) is 28.4 Å². The fraction of sp³-hybridized carbons (Fsp3) is 0.261. The summed E-state index contributed by atoms with van der Waals surface area (Å²) in [6, 6.07) is 10.4. The number of hydrogen-bond acceptors (Lipinski definition) is 6. The molecular weight excluding hydrogens is 398 g/mol. The van der Waals surface area contributed by atoms with Crippen LogP contribution < -0.4 is 5.32 Å². The van der Waals surface area contributed by atoms with Gasteiger partial charge < -0.3 is 10.1 Å². The predicted octanol–water partition coefficient (Wildman–Crippen LogP) is 4.43. The molecule has 3 rings (SSSR count). The van der Waals surface area contributed by atoms with Gasteiger partial charge in [-0.05, 0) is 56.0 Å². The molecule has 0 radical (unpaired) electrons. The summed E-state index contributed by atoms with van der Waals surface area (Å²) in [4.78, 5) is 40.4. The van der Waals surface area contributed by atoms with E-state index in [4.69, 9.17) is 4.74 Å². The molecular formula is C23H23N3O5. The summed E-state index contributed by atoms with van der Waals surface area (Å²) in [6.07, 6.45) is 0.525. The molecule has 0 saturated heterocycles. The Morgan fingerprint density at radius 1 is 1.13 bits per heavy atom. The number of benzene rings is 2. The number of para-hydroxylation sites is 1. The molecule has 1 heterocycles. The summed E-state index contributed by atoms with van der Waals surface area (Å²) < 4.78 is 5.23. The number of nitro benzene ring substituents is 1. The number of nitrogens with zero attached hydrogens (tertiary/aromatic N) is 2. The van der Waals surface area contributed by atoms with Gasteiger partial charge in [-0.3, -0.25) is 19.9 Å². The summed E-state index contributed by atoms with van der Waals surface area (Å²) in [6.45, 7) is 6.67. The van der Waals surface area contributed by atoms with E-state index < -0.39 is 23.4 Å². The van der Waals surface area contributed by atoms with Gasteiger partial charge in [0.15, 0.2) is 6.61 Å². The van der Waals surface area contributed by atoms with E-state index in [1.807, 2.05) is 38.1 Å². The number of anilines is 1. The first-order valence-electron chi connectivity index (χ1n) is 9.83. The number of fused-ring (bicyclic) bond motifs is 1. The van der Waals surface area contributed by atoms with Crippen LogP contribution in [-0.2, 0) is 16.0 Å². The highest BCUT2D eigenvalue weighted by atomic mass is 16.6. The SMILES string of the molecule is CCc1nc2ccccc2c(C)c1C(=O)OCC(=O)Nc1cc(C)c(C)cc1[N+](=O)[O-]. The van der Waals surface area contributed by atoms with Crippen molar-refractivity contribution in [1.82, 2.24) is 4.98 Å². The van der Waals surface area contributed by atoms with Crippen molar-refractivity contribution in [2.45, 2.75) is 34.1 Å². The predicted molar refractivity (Wildman–Crippen MR) is 117 cm³/mol. The minimum absolute atomic E-state index is 0.0620. The van der Waals surface area contributed by atoms with Crippen LogP contribution in [0.1, 0.15) is 39.7 Å². The van der Waals surface area contributed by atoms with E-state index >= 15 is 0 Å². The number of carbonyl (C=O) groups excluding carboxylic acids is 2. The number of aromatic nitrogens is 1. The Morgan fingerprint density at radius 2 is 1.81 bits per heavy atom. The molecule has 1 N–H and O–H groups in total. The fourth-order valence-electron chi connectivity index (χ4n) is 3.41. The molecule has 1 aromatic heterocycles. The van der Waals surface area contributed by atoms with Gasteiger partial charge in [0.25, 0.3) is 11.6 Å². The van der Waals surface area contributed by atoms with Crippen molar-refractivity contribution in [3.8, 4) is 0 Å². The number of amides is 1. The highest BCUT2D eigenvalue weighted by Gasteiger charge is 2.22. The lowest BCUT2D eigenvalue weighted by Gasteiger charge is -2.13. The van der Waals surface area contributed by atoms with Gasteiger partial charge in [-0.25, -0.2) is 4.79 Å². The van der Waals surface area contributed by atoms with Crippen LogP contribution in [0.4, 0.5) is 11.4 Å². The number of ether oxygens (including phenoxy) is 1. The molecule has 31 heavy (non-hydrogen) atoms. The number of hydrogen-bond donors (Lipinski definition) is 1. The maximum atomic E-state index is 12.8. The summed E-state index contributed by atoms with van der Waals surface area (Å²) in [5, 5.41) is 14.6. The highest BCUT2D eigenvalue weighted by molar-refractivity contribution is 6.00. The van der Waals surface area contributed by atoms with Crippen molar-refractivity contribution in [2.24, 2.45) is 0 Å². The van der Waals surface area contributed by atoms with Crippen LogP contribution >= 0.6 is 0 Å². The van der Waals surface area contributed by atoms with Crippen molar-refractivity contribution in [3.05, 3.63) is 74.5 Å². The second-order valence-corrected chi connectivity index (χ2v) is 7.26. The summed E-state index contributed by atoms with van der Waals surface area (Å²) in [5.74, 6) is -1.32. The Labute approximate surface area is 179 Å². The minimum Gasteiger partial charge on any atom is -0.452 e.